The van der Waals surface area contributed by atoms with Gasteiger partial charge >= 0.3 is 12.1 Å². The molecule has 33 heavy (non-hydrogen) atoms. The third kappa shape index (κ3) is 6.31. The van der Waals surface area contributed by atoms with Crippen LogP contribution >= 0.6 is 11.6 Å². The van der Waals surface area contributed by atoms with E-state index in [4.69, 9.17) is 26.8 Å². The van der Waals surface area contributed by atoms with Crippen LogP contribution in [0.3, 0.4) is 0 Å². The highest BCUT2D eigenvalue weighted by atomic mass is 35.5. The fraction of sp³-hybridized carbons (Fsp3) is 0.522. The molecule has 0 saturated carbocycles. The predicted octanol–water partition coefficient (Wildman–Crippen LogP) is 3.84. The summed E-state index contributed by atoms with van der Waals surface area (Å²) >= 11 is 6.39. The summed E-state index contributed by atoms with van der Waals surface area (Å²) in [4.78, 5) is 31.5. The molecule has 0 radical (unpaired) electrons. The number of nitrogens with one attached hydrogen (secondary N) is 1. The summed E-state index contributed by atoms with van der Waals surface area (Å²) < 4.78 is 12.4. The van der Waals surface area contributed by atoms with Crippen LogP contribution < -0.4 is 16.0 Å². The number of amides is 1. The fourth-order valence-corrected chi connectivity index (χ4v) is 4.01. The lowest BCUT2D eigenvalue weighted by Crippen LogP contribution is -2.49. The largest absolute Gasteiger partial charge is 0.461 e. The van der Waals surface area contributed by atoms with Gasteiger partial charge < -0.3 is 25.4 Å². The third-order valence-electron chi connectivity index (χ3n) is 5.15. The number of nitrogen functional groups attached to an aromatic ring is 1. The number of nitrogens with zero attached hydrogens (tertiary/aromatic N) is 3. The lowest BCUT2D eigenvalue weighted by atomic mass is 10.1. The summed E-state index contributed by atoms with van der Waals surface area (Å²) in [7, 11) is 0. The zero-order valence-electron chi connectivity index (χ0n) is 19.6. The van der Waals surface area contributed by atoms with Gasteiger partial charge in [-0.3, -0.25) is 4.57 Å². The van der Waals surface area contributed by atoms with Crippen LogP contribution in [0.15, 0.2) is 24.3 Å². The zero-order valence-corrected chi connectivity index (χ0v) is 20.3. The Hall–Kier alpha value is -2.94. The molecule has 2 aromatic rings. The molecule has 0 aliphatic carbocycles. The number of nitrogens with two attached hydrogens (primary N) is 1. The van der Waals surface area contributed by atoms with Crippen LogP contribution in [0.2, 0.25) is 5.02 Å². The molecule has 1 amide bonds. The molecule has 1 fully saturated rings. The van der Waals surface area contributed by atoms with Crippen LogP contribution in [0.1, 0.15) is 56.6 Å². The number of benzene rings is 1. The summed E-state index contributed by atoms with van der Waals surface area (Å²) in [5.41, 5.74) is 6.61. The Kier molecular flexibility index (Phi) is 7.73. The maximum atomic E-state index is 12.7. The van der Waals surface area contributed by atoms with Crippen molar-refractivity contribution >= 4 is 35.4 Å². The summed E-state index contributed by atoms with van der Waals surface area (Å²) in [6.07, 6.45) is 1.18. The standard InChI is InChI=1S/C23H32ClN5O4/c1-5-32-20(30)18-19(25)27-21(29(18)13-15-9-6-7-11-17(15)24)28-12-8-10-16(14-28)26-22(31)33-23(2,3)4/h6-7,9,11,16H,5,8,10,12-14,25H2,1-4H3,(H,26,31)/t16-/m1/s1. The summed E-state index contributed by atoms with van der Waals surface area (Å²) in [6.45, 7) is 8.93. The molecule has 3 N–H and O–H groups in total. The first-order valence-corrected chi connectivity index (χ1v) is 11.5. The number of esters is 1. The van der Waals surface area contributed by atoms with Gasteiger partial charge in [0.25, 0.3) is 0 Å². The summed E-state index contributed by atoms with van der Waals surface area (Å²) in [5.74, 6) is 0.0881. The highest BCUT2D eigenvalue weighted by molar-refractivity contribution is 6.31. The monoisotopic (exact) mass is 477 g/mol. The van der Waals surface area contributed by atoms with Crippen molar-refractivity contribution < 1.29 is 19.1 Å². The number of aromatic nitrogens is 2. The van der Waals surface area contributed by atoms with Gasteiger partial charge in [-0.2, -0.15) is 4.98 Å². The molecule has 1 aromatic heterocycles. The topological polar surface area (TPSA) is 112 Å². The Balaban J connectivity index is 1.89. The molecule has 9 nitrogen and oxygen atoms in total. The van der Waals surface area contributed by atoms with Crippen molar-refractivity contribution in [3.63, 3.8) is 0 Å². The molecule has 10 heteroatoms. The molecule has 0 spiro atoms. The number of halogens is 1. The van der Waals surface area contributed by atoms with Crippen molar-refractivity contribution in [3.8, 4) is 0 Å². The molecule has 0 bridgehead atoms. The first-order valence-electron chi connectivity index (χ1n) is 11.1. The van der Waals surface area contributed by atoms with Gasteiger partial charge in [-0.25, -0.2) is 9.59 Å². The number of alkyl carbamates (subject to hydrolysis) is 1. The van der Waals surface area contributed by atoms with Crippen LogP contribution in [0.5, 0.6) is 0 Å². The van der Waals surface area contributed by atoms with Crippen molar-refractivity contribution in [2.75, 3.05) is 30.3 Å². The molecule has 0 unspecified atom stereocenters. The third-order valence-corrected chi connectivity index (χ3v) is 5.52. The molecule has 1 aliphatic rings. The molecule has 1 atom stereocenters. The van der Waals surface area contributed by atoms with Crippen molar-refractivity contribution in [2.45, 2.75) is 58.7 Å². The van der Waals surface area contributed by atoms with Crippen LogP contribution in [0.4, 0.5) is 16.6 Å². The number of imidazole rings is 1. The fourth-order valence-electron chi connectivity index (χ4n) is 3.81. The normalized spacial score (nSPS) is 16.4. The van der Waals surface area contributed by atoms with Crippen molar-refractivity contribution in [2.24, 2.45) is 0 Å². The van der Waals surface area contributed by atoms with E-state index in [0.717, 1.165) is 18.4 Å². The quantitative estimate of drug-likeness (QED) is 0.608. The number of ether oxygens (including phenoxy) is 2. The molecule has 2 heterocycles. The van der Waals surface area contributed by atoms with Crippen LogP contribution in [-0.2, 0) is 16.0 Å². The zero-order chi connectivity index (χ0) is 24.2. The number of anilines is 2. The average Bonchev–Trinajstić information content (AvgIpc) is 3.04. The maximum Gasteiger partial charge on any atom is 0.407 e. The Bertz CT molecular complexity index is 1000. The molecular weight excluding hydrogens is 446 g/mol. The minimum Gasteiger partial charge on any atom is -0.461 e. The first-order chi connectivity index (χ1) is 15.6. The number of piperidine rings is 1. The van der Waals surface area contributed by atoms with Crippen molar-refractivity contribution in [1.29, 1.82) is 0 Å². The first kappa shape index (κ1) is 24.7. The minimum atomic E-state index is -0.577. The second-order valence-corrected chi connectivity index (χ2v) is 9.38. The molecule has 1 saturated heterocycles. The highest BCUT2D eigenvalue weighted by Crippen LogP contribution is 2.28. The van der Waals surface area contributed by atoms with E-state index >= 15 is 0 Å². The van der Waals surface area contributed by atoms with E-state index in [9.17, 15) is 9.59 Å². The minimum absolute atomic E-state index is 0.0951. The number of carbonyl (C=O) groups is 2. The van der Waals surface area contributed by atoms with Gasteiger partial charge in [-0.1, -0.05) is 29.8 Å². The maximum absolute atomic E-state index is 12.7. The van der Waals surface area contributed by atoms with Gasteiger partial charge in [-0.15, -0.1) is 0 Å². The van der Waals surface area contributed by atoms with E-state index in [1.165, 1.54) is 0 Å². The number of carbonyl (C=O) groups excluding carboxylic acids is 2. The number of rotatable bonds is 6. The van der Waals surface area contributed by atoms with Gasteiger partial charge in [-0.05, 0) is 52.2 Å². The van der Waals surface area contributed by atoms with E-state index in [2.05, 4.69) is 10.3 Å². The summed E-state index contributed by atoms with van der Waals surface area (Å²) in [6, 6.07) is 7.28. The Labute approximate surface area is 199 Å². The Morgan fingerprint density at radius 2 is 2.03 bits per heavy atom. The van der Waals surface area contributed by atoms with E-state index in [1.807, 2.05) is 43.9 Å². The van der Waals surface area contributed by atoms with Gasteiger partial charge in [0.05, 0.1) is 13.2 Å². The number of hydrogen-bond acceptors (Lipinski definition) is 7. The molecule has 1 aliphatic heterocycles. The molecule has 180 valence electrons. The van der Waals surface area contributed by atoms with Gasteiger partial charge in [0.1, 0.15) is 5.60 Å². The van der Waals surface area contributed by atoms with Crippen LogP contribution in [-0.4, -0.2) is 53.0 Å². The van der Waals surface area contributed by atoms with E-state index in [1.54, 1.807) is 17.6 Å². The van der Waals surface area contributed by atoms with Gasteiger partial charge in [0, 0.05) is 24.2 Å². The van der Waals surface area contributed by atoms with Crippen LogP contribution in [0, 0.1) is 0 Å². The second-order valence-electron chi connectivity index (χ2n) is 8.98. The highest BCUT2D eigenvalue weighted by Gasteiger charge is 2.30. The lowest BCUT2D eigenvalue weighted by Gasteiger charge is -2.34. The van der Waals surface area contributed by atoms with E-state index in [-0.39, 0.29) is 24.2 Å². The molecule has 1 aromatic carbocycles. The Morgan fingerprint density at radius 3 is 2.70 bits per heavy atom. The summed E-state index contributed by atoms with van der Waals surface area (Å²) in [5, 5.41) is 3.51. The second kappa shape index (κ2) is 10.3. The van der Waals surface area contributed by atoms with Gasteiger partial charge in [0.15, 0.2) is 11.5 Å². The smallest absolute Gasteiger partial charge is 0.407 e. The molecule has 3 rings (SSSR count). The lowest BCUT2D eigenvalue weighted by molar-refractivity contribution is 0.0495. The SMILES string of the molecule is CCOC(=O)c1c(N)nc(N2CCC[C@@H](NC(=O)OC(C)(C)C)C2)n1Cc1ccccc1Cl. The Morgan fingerprint density at radius 1 is 1.30 bits per heavy atom. The predicted molar refractivity (Wildman–Crippen MR) is 128 cm³/mol. The van der Waals surface area contributed by atoms with Crippen LogP contribution in [0.25, 0.3) is 0 Å². The van der Waals surface area contributed by atoms with Crippen molar-refractivity contribution in [3.05, 3.63) is 40.5 Å². The molecular formula is C23H32ClN5O4. The average molecular weight is 478 g/mol. The van der Waals surface area contributed by atoms with Crippen molar-refractivity contribution in [1.82, 2.24) is 14.9 Å². The number of hydrogen-bond donors (Lipinski definition) is 2. The van der Waals surface area contributed by atoms with E-state index < -0.39 is 17.7 Å². The van der Waals surface area contributed by atoms with Gasteiger partial charge in [0.2, 0.25) is 5.95 Å². The van der Waals surface area contributed by atoms with E-state index in [0.29, 0.717) is 30.6 Å².